The van der Waals surface area contributed by atoms with Gasteiger partial charge in [-0.15, -0.1) is 0 Å². The quantitative estimate of drug-likeness (QED) is 0.778. The molecule has 0 fully saturated rings. The Labute approximate surface area is 106 Å². The average molecular weight is 244 g/mol. The lowest BCUT2D eigenvalue weighted by Crippen LogP contribution is -2.08. The Morgan fingerprint density at radius 3 is 2.61 bits per heavy atom. The summed E-state index contributed by atoms with van der Waals surface area (Å²) in [5.74, 6) is 0.494. The molecule has 2 rings (SSSR count). The van der Waals surface area contributed by atoms with Crippen LogP contribution >= 0.6 is 0 Å². The first-order chi connectivity index (χ1) is 8.52. The first-order valence-electron chi connectivity index (χ1n) is 5.72. The van der Waals surface area contributed by atoms with Gasteiger partial charge in [-0.1, -0.05) is 6.07 Å². The van der Waals surface area contributed by atoms with E-state index in [-0.39, 0.29) is 5.78 Å². The number of hydrogen-bond donors (Lipinski definition) is 0. The van der Waals surface area contributed by atoms with Crippen LogP contribution in [-0.2, 0) is 7.05 Å². The third-order valence-corrected chi connectivity index (χ3v) is 2.84. The maximum absolute atomic E-state index is 12.4. The van der Waals surface area contributed by atoms with Crippen LogP contribution in [0.3, 0.4) is 0 Å². The molecule has 0 aliphatic rings. The van der Waals surface area contributed by atoms with Gasteiger partial charge in [0.15, 0.2) is 0 Å². The van der Waals surface area contributed by atoms with E-state index in [9.17, 15) is 4.79 Å². The SMILES string of the molecule is COc1cc(C)cc(C)c1C(=O)c1ccn(C)n1. The standard InChI is InChI=1S/C14H16N2O2/c1-9-7-10(2)13(12(8-9)18-4)14(17)11-5-6-16(3)15-11/h5-8H,1-4H3. The molecule has 94 valence electrons. The molecular weight excluding hydrogens is 228 g/mol. The van der Waals surface area contributed by atoms with Crippen LogP contribution in [0.5, 0.6) is 5.75 Å². The molecule has 0 aliphatic carbocycles. The molecule has 0 spiro atoms. The molecule has 0 saturated heterocycles. The van der Waals surface area contributed by atoms with Crippen LogP contribution in [0.2, 0.25) is 0 Å². The summed E-state index contributed by atoms with van der Waals surface area (Å²) in [7, 11) is 3.36. The first kappa shape index (κ1) is 12.4. The summed E-state index contributed by atoms with van der Waals surface area (Å²) in [6, 6.07) is 5.54. The predicted octanol–water partition coefficient (Wildman–Crippen LogP) is 2.28. The zero-order chi connectivity index (χ0) is 13.3. The van der Waals surface area contributed by atoms with E-state index in [1.54, 1.807) is 31.1 Å². The van der Waals surface area contributed by atoms with Gasteiger partial charge in [-0.2, -0.15) is 5.10 Å². The van der Waals surface area contributed by atoms with Crippen molar-refractivity contribution >= 4 is 5.78 Å². The maximum atomic E-state index is 12.4. The highest BCUT2D eigenvalue weighted by Gasteiger charge is 2.19. The van der Waals surface area contributed by atoms with Crippen molar-refractivity contribution in [1.82, 2.24) is 9.78 Å². The van der Waals surface area contributed by atoms with Crippen LogP contribution in [0.1, 0.15) is 27.2 Å². The molecular formula is C14H16N2O2. The molecule has 0 bridgehead atoms. The molecule has 0 amide bonds. The van der Waals surface area contributed by atoms with Crippen LogP contribution in [-0.4, -0.2) is 22.7 Å². The number of carbonyl (C=O) groups excluding carboxylic acids is 1. The third kappa shape index (κ3) is 2.14. The summed E-state index contributed by atoms with van der Waals surface area (Å²) in [5, 5.41) is 4.14. The lowest BCUT2D eigenvalue weighted by Gasteiger charge is -2.11. The molecule has 0 radical (unpaired) electrons. The molecule has 0 aliphatic heterocycles. The number of nitrogens with zero attached hydrogens (tertiary/aromatic N) is 2. The normalized spacial score (nSPS) is 10.4. The number of hydrogen-bond acceptors (Lipinski definition) is 3. The zero-order valence-electron chi connectivity index (χ0n) is 11.0. The van der Waals surface area contributed by atoms with Crippen molar-refractivity contribution in [3.05, 3.63) is 46.8 Å². The van der Waals surface area contributed by atoms with Crippen molar-refractivity contribution in [1.29, 1.82) is 0 Å². The monoisotopic (exact) mass is 244 g/mol. The molecule has 4 nitrogen and oxygen atoms in total. The van der Waals surface area contributed by atoms with Crippen molar-refractivity contribution in [3.8, 4) is 5.75 Å². The minimum atomic E-state index is -0.107. The fourth-order valence-corrected chi connectivity index (χ4v) is 2.04. The molecule has 2 aromatic rings. The Morgan fingerprint density at radius 1 is 1.33 bits per heavy atom. The van der Waals surface area contributed by atoms with E-state index in [1.807, 2.05) is 26.0 Å². The second kappa shape index (κ2) is 4.64. The maximum Gasteiger partial charge on any atom is 0.217 e. The number of methoxy groups -OCH3 is 1. The predicted molar refractivity (Wildman–Crippen MR) is 69.1 cm³/mol. The van der Waals surface area contributed by atoms with Crippen LogP contribution in [0.4, 0.5) is 0 Å². The van der Waals surface area contributed by atoms with Gasteiger partial charge in [0.2, 0.25) is 5.78 Å². The zero-order valence-corrected chi connectivity index (χ0v) is 11.0. The smallest absolute Gasteiger partial charge is 0.217 e. The molecule has 0 N–H and O–H groups in total. The molecule has 1 aromatic carbocycles. The molecule has 18 heavy (non-hydrogen) atoms. The second-order valence-corrected chi connectivity index (χ2v) is 4.36. The van der Waals surface area contributed by atoms with Gasteiger partial charge in [0, 0.05) is 13.2 Å². The molecule has 1 heterocycles. The molecule has 1 aromatic heterocycles. The summed E-state index contributed by atoms with van der Waals surface area (Å²) >= 11 is 0. The molecule has 0 saturated carbocycles. The van der Waals surface area contributed by atoms with Gasteiger partial charge in [-0.05, 0) is 37.1 Å². The van der Waals surface area contributed by atoms with Crippen LogP contribution < -0.4 is 4.74 Å². The highest BCUT2D eigenvalue weighted by molar-refractivity contribution is 6.10. The second-order valence-electron chi connectivity index (χ2n) is 4.36. The van der Waals surface area contributed by atoms with Crippen LogP contribution in [0.15, 0.2) is 24.4 Å². The first-order valence-corrected chi connectivity index (χ1v) is 5.72. The van der Waals surface area contributed by atoms with Crippen molar-refractivity contribution < 1.29 is 9.53 Å². The van der Waals surface area contributed by atoms with Crippen molar-refractivity contribution in [3.63, 3.8) is 0 Å². The van der Waals surface area contributed by atoms with E-state index in [4.69, 9.17) is 4.74 Å². The number of ketones is 1. The Bertz CT molecular complexity index is 600. The van der Waals surface area contributed by atoms with Gasteiger partial charge >= 0.3 is 0 Å². The minimum Gasteiger partial charge on any atom is -0.496 e. The Hall–Kier alpha value is -2.10. The number of carbonyl (C=O) groups is 1. The lowest BCUT2D eigenvalue weighted by molar-refractivity contribution is 0.103. The highest BCUT2D eigenvalue weighted by atomic mass is 16.5. The Kier molecular flexibility index (Phi) is 3.19. The van der Waals surface area contributed by atoms with Gasteiger partial charge in [0.1, 0.15) is 11.4 Å². The van der Waals surface area contributed by atoms with E-state index < -0.39 is 0 Å². The largest absolute Gasteiger partial charge is 0.496 e. The van der Waals surface area contributed by atoms with E-state index >= 15 is 0 Å². The molecule has 0 unspecified atom stereocenters. The van der Waals surface area contributed by atoms with Crippen LogP contribution in [0.25, 0.3) is 0 Å². The van der Waals surface area contributed by atoms with Gasteiger partial charge in [-0.3, -0.25) is 9.48 Å². The number of benzene rings is 1. The Balaban J connectivity index is 2.54. The number of aryl methyl sites for hydroxylation is 3. The van der Waals surface area contributed by atoms with Gasteiger partial charge in [-0.25, -0.2) is 0 Å². The van der Waals surface area contributed by atoms with Gasteiger partial charge in [0.25, 0.3) is 0 Å². The fourth-order valence-electron chi connectivity index (χ4n) is 2.04. The van der Waals surface area contributed by atoms with Crippen molar-refractivity contribution in [2.75, 3.05) is 7.11 Å². The molecule has 0 atom stereocenters. The van der Waals surface area contributed by atoms with Gasteiger partial charge < -0.3 is 4.74 Å². The highest BCUT2D eigenvalue weighted by Crippen LogP contribution is 2.26. The van der Waals surface area contributed by atoms with E-state index in [2.05, 4.69) is 5.10 Å². The minimum absolute atomic E-state index is 0.107. The number of rotatable bonds is 3. The number of ether oxygens (including phenoxy) is 1. The average Bonchev–Trinajstić information content (AvgIpc) is 2.74. The lowest BCUT2D eigenvalue weighted by atomic mass is 9.99. The van der Waals surface area contributed by atoms with E-state index in [0.717, 1.165) is 11.1 Å². The van der Waals surface area contributed by atoms with Gasteiger partial charge in [0.05, 0.1) is 12.7 Å². The summed E-state index contributed by atoms with van der Waals surface area (Å²) < 4.78 is 6.92. The molecule has 4 heteroatoms. The summed E-state index contributed by atoms with van der Waals surface area (Å²) in [5.41, 5.74) is 2.99. The third-order valence-electron chi connectivity index (χ3n) is 2.84. The van der Waals surface area contributed by atoms with Crippen molar-refractivity contribution in [2.24, 2.45) is 7.05 Å². The topological polar surface area (TPSA) is 44.1 Å². The fraction of sp³-hybridized carbons (Fsp3) is 0.286. The summed E-state index contributed by atoms with van der Waals surface area (Å²) in [6.45, 7) is 3.89. The van der Waals surface area contributed by atoms with Crippen LogP contribution in [0, 0.1) is 13.8 Å². The number of aromatic nitrogens is 2. The van der Waals surface area contributed by atoms with Crippen molar-refractivity contribution in [2.45, 2.75) is 13.8 Å². The van der Waals surface area contributed by atoms with E-state index in [0.29, 0.717) is 17.0 Å². The summed E-state index contributed by atoms with van der Waals surface area (Å²) in [4.78, 5) is 12.4. The Morgan fingerprint density at radius 2 is 2.06 bits per heavy atom. The van der Waals surface area contributed by atoms with E-state index in [1.165, 1.54) is 0 Å². The summed E-state index contributed by atoms with van der Waals surface area (Å²) in [6.07, 6.45) is 1.75.